The first-order valence-electron chi connectivity index (χ1n) is 8.49. The maximum absolute atomic E-state index is 12.5. The quantitative estimate of drug-likeness (QED) is 0.742. The molecule has 3 amide bonds. The van der Waals surface area contributed by atoms with Gasteiger partial charge in [-0.1, -0.05) is 0 Å². The summed E-state index contributed by atoms with van der Waals surface area (Å²) < 4.78 is 10.6. The lowest BCUT2D eigenvalue weighted by Gasteiger charge is -2.30. The molecule has 0 aromatic carbocycles. The predicted octanol–water partition coefficient (Wildman–Crippen LogP) is 1.29. The van der Waals surface area contributed by atoms with E-state index < -0.39 is 47.9 Å². The summed E-state index contributed by atoms with van der Waals surface area (Å²) in [6, 6.07) is -1.52. The highest BCUT2D eigenvalue weighted by molar-refractivity contribution is 5.94. The summed E-state index contributed by atoms with van der Waals surface area (Å²) in [5.41, 5.74) is 3.87. The van der Waals surface area contributed by atoms with Crippen molar-refractivity contribution in [2.75, 3.05) is 13.1 Å². The zero-order valence-corrected chi connectivity index (χ0v) is 16.3. The van der Waals surface area contributed by atoms with E-state index in [1.807, 2.05) is 0 Å². The van der Waals surface area contributed by atoms with E-state index in [-0.39, 0.29) is 13.0 Å². The summed E-state index contributed by atoms with van der Waals surface area (Å²) in [5, 5.41) is 0. The van der Waals surface area contributed by atoms with Crippen LogP contribution in [0.15, 0.2) is 0 Å². The molecule has 1 saturated heterocycles. The molecule has 2 atom stereocenters. The third-order valence-corrected chi connectivity index (χ3v) is 3.51. The molecule has 0 saturated carbocycles. The van der Waals surface area contributed by atoms with E-state index in [0.29, 0.717) is 6.29 Å². The number of amides is 3. The Bertz CT molecular complexity index is 564. The van der Waals surface area contributed by atoms with Gasteiger partial charge in [0.1, 0.15) is 17.5 Å². The van der Waals surface area contributed by atoms with Crippen LogP contribution in [0.25, 0.3) is 0 Å². The van der Waals surface area contributed by atoms with Crippen LogP contribution in [0.1, 0.15) is 48.0 Å². The Morgan fingerprint density at radius 3 is 2.08 bits per heavy atom. The second-order valence-electron chi connectivity index (χ2n) is 8.17. The van der Waals surface area contributed by atoms with Crippen molar-refractivity contribution >= 4 is 24.4 Å². The molecule has 26 heavy (non-hydrogen) atoms. The number of carbonyl (C=O) groups excluding carboxylic acids is 4. The average Bonchev–Trinajstić information content (AvgIpc) is 2.87. The van der Waals surface area contributed by atoms with Gasteiger partial charge < -0.3 is 20.0 Å². The van der Waals surface area contributed by atoms with Crippen molar-refractivity contribution in [3.05, 3.63) is 0 Å². The number of likely N-dealkylation sites (tertiary alicyclic amines) is 1. The summed E-state index contributed by atoms with van der Waals surface area (Å²) in [4.78, 5) is 50.5. The molecule has 2 N–H and O–H groups in total. The molecule has 9 nitrogen and oxygen atoms in total. The van der Waals surface area contributed by atoms with Gasteiger partial charge in [-0.25, -0.2) is 14.5 Å². The summed E-state index contributed by atoms with van der Waals surface area (Å²) >= 11 is 0. The Labute approximate surface area is 153 Å². The fourth-order valence-electron chi connectivity index (χ4n) is 2.55. The van der Waals surface area contributed by atoms with Crippen molar-refractivity contribution in [1.82, 2.24) is 9.80 Å². The van der Waals surface area contributed by atoms with Crippen LogP contribution >= 0.6 is 0 Å². The molecule has 1 aliphatic rings. The van der Waals surface area contributed by atoms with Crippen molar-refractivity contribution in [3.8, 4) is 0 Å². The number of aldehydes is 1. The lowest BCUT2D eigenvalue weighted by Crippen LogP contribution is -2.50. The summed E-state index contributed by atoms with van der Waals surface area (Å²) in [6.07, 6.45) is -0.826. The normalized spacial score (nSPS) is 20.5. The fraction of sp³-hybridized carbons (Fsp3) is 0.765. The van der Waals surface area contributed by atoms with Crippen LogP contribution in [0.4, 0.5) is 9.59 Å². The Balaban J connectivity index is 3.02. The van der Waals surface area contributed by atoms with Gasteiger partial charge in [0.15, 0.2) is 0 Å². The van der Waals surface area contributed by atoms with Crippen molar-refractivity contribution in [2.45, 2.75) is 71.2 Å². The van der Waals surface area contributed by atoms with Crippen LogP contribution in [0.3, 0.4) is 0 Å². The van der Waals surface area contributed by atoms with Crippen molar-refractivity contribution in [3.63, 3.8) is 0 Å². The second-order valence-corrected chi connectivity index (χ2v) is 8.17. The number of rotatable bonds is 3. The van der Waals surface area contributed by atoms with Gasteiger partial charge in [0.25, 0.3) is 0 Å². The zero-order valence-electron chi connectivity index (χ0n) is 16.3. The van der Waals surface area contributed by atoms with E-state index in [2.05, 4.69) is 0 Å². The molecular formula is C17H29N3O6. The van der Waals surface area contributed by atoms with Gasteiger partial charge in [-0.15, -0.1) is 0 Å². The highest BCUT2D eigenvalue weighted by Crippen LogP contribution is 2.25. The zero-order chi connectivity index (χ0) is 20.3. The van der Waals surface area contributed by atoms with E-state index in [0.717, 1.165) is 4.90 Å². The number of ether oxygens (including phenoxy) is 2. The Kier molecular flexibility index (Phi) is 6.76. The highest BCUT2D eigenvalue weighted by Gasteiger charge is 2.44. The summed E-state index contributed by atoms with van der Waals surface area (Å²) in [7, 11) is 0. The SMILES string of the molecule is CC(C)(C)OC(=O)N1CC(N(C(=O)CN)C(=O)OC(C)(C)C)CC1C=O. The molecule has 148 valence electrons. The van der Waals surface area contributed by atoms with Gasteiger partial charge >= 0.3 is 12.2 Å². The Hall–Kier alpha value is -2.16. The van der Waals surface area contributed by atoms with Crippen LogP contribution in [0, 0.1) is 0 Å². The van der Waals surface area contributed by atoms with E-state index >= 15 is 0 Å². The van der Waals surface area contributed by atoms with Gasteiger partial charge in [-0.05, 0) is 48.0 Å². The van der Waals surface area contributed by atoms with Crippen molar-refractivity contribution in [1.29, 1.82) is 0 Å². The molecule has 1 rings (SSSR count). The Morgan fingerprint density at radius 1 is 1.12 bits per heavy atom. The summed E-state index contributed by atoms with van der Waals surface area (Å²) in [5.74, 6) is -0.639. The molecule has 0 aliphatic carbocycles. The topological polar surface area (TPSA) is 119 Å². The van der Waals surface area contributed by atoms with Crippen LogP contribution in [-0.2, 0) is 19.1 Å². The van der Waals surface area contributed by atoms with Gasteiger partial charge in [-0.3, -0.25) is 9.69 Å². The first-order valence-corrected chi connectivity index (χ1v) is 8.49. The maximum atomic E-state index is 12.5. The lowest BCUT2D eigenvalue weighted by molar-refractivity contribution is -0.130. The smallest absolute Gasteiger partial charge is 0.417 e. The monoisotopic (exact) mass is 371 g/mol. The van der Waals surface area contributed by atoms with Gasteiger partial charge in [-0.2, -0.15) is 0 Å². The molecule has 1 aliphatic heterocycles. The molecule has 0 aromatic rings. The minimum atomic E-state index is -0.853. The van der Waals surface area contributed by atoms with Gasteiger partial charge in [0.05, 0.1) is 18.6 Å². The van der Waals surface area contributed by atoms with Crippen LogP contribution in [-0.4, -0.2) is 70.6 Å². The first kappa shape index (κ1) is 21.9. The number of nitrogens with two attached hydrogens (primary N) is 1. The van der Waals surface area contributed by atoms with Crippen molar-refractivity contribution in [2.24, 2.45) is 5.73 Å². The number of hydrogen-bond acceptors (Lipinski definition) is 7. The number of carbonyl (C=O) groups is 4. The largest absolute Gasteiger partial charge is 0.444 e. The predicted molar refractivity (Wildman–Crippen MR) is 93.3 cm³/mol. The van der Waals surface area contributed by atoms with E-state index in [1.54, 1.807) is 41.5 Å². The number of hydrogen-bond donors (Lipinski definition) is 1. The fourth-order valence-corrected chi connectivity index (χ4v) is 2.55. The van der Waals surface area contributed by atoms with Crippen LogP contribution in [0.2, 0.25) is 0 Å². The minimum absolute atomic E-state index is 0.0245. The molecule has 0 spiro atoms. The van der Waals surface area contributed by atoms with Crippen LogP contribution in [0.5, 0.6) is 0 Å². The molecule has 0 bridgehead atoms. The minimum Gasteiger partial charge on any atom is -0.444 e. The lowest BCUT2D eigenvalue weighted by atomic mass is 10.1. The van der Waals surface area contributed by atoms with E-state index in [1.165, 1.54) is 4.90 Å². The maximum Gasteiger partial charge on any atom is 0.417 e. The van der Waals surface area contributed by atoms with Gasteiger partial charge in [0.2, 0.25) is 5.91 Å². The molecule has 9 heteroatoms. The Morgan fingerprint density at radius 2 is 1.65 bits per heavy atom. The standard InChI is InChI=1S/C17H29N3O6/c1-16(2,3)25-14(23)19-9-11(7-12(19)10-21)20(13(22)8-18)15(24)26-17(4,5)6/h10-12H,7-9,18H2,1-6H3. The highest BCUT2D eigenvalue weighted by atomic mass is 16.6. The van der Waals surface area contributed by atoms with E-state index in [9.17, 15) is 19.2 Å². The third kappa shape index (κ3) is 5.98. The first-order chi connectivity index (χ1) is 11.8. The number of nitrogens with zero attached hydrogens (tertiary/aromatic N) is 2. The third-order valence-electron chi connectivity index (χ3n) is 3.51. The molecule has 0 aromatic heterocycles. The molecule has 2 unspecified atom stereocenters. The number of imide groups is 1. The van der Waals surface area contributed by atoms with Crippen molar-refractivity contribution < 1.29 is 28.7 Å². The molecule has 0 radical (unpaired) electrons. The van der Waals surface area contributed by atoms with E-state index in [4.69, 9.17) is 15.2 Å². The molecular weight excluding hydrogens is 342 g/mol. The summed E-state index contributed by atoms with van der Waals surface area (Å²) in [6.45, 7) is 9.72. The van der Waals surface area contributed by atoms with Gasteiger partial charge in [0, 0.05) is 6.54 Å². The second kappa shape index (κ2) is 8.03. The average molecular weight is 371 g/mol. The van der Waals surface area contributed by atoms with Crippen LogP contribution < -0.4 is 5.73 Å². The molecule has 1 heterocycles. The molecule has 1 fully saturated rings.